The van der Waals surface area contributed by atoms with Gasteiger partial charge in [-0.1, -0.05) is 20.3 Å². The Hall–Kier alpha value is -0.130. The van der Waals surface area contributed by atoms with Crippen LogP contribution in [0, 0.1) is 5.92 Å². The molecule has 1 saturated carbocycles. The van der Waals surface area contributed by atoms with Crippen LogP contribution >= 0.6 is 0 Å². The van der Waals surface area contributed by atoms with E-state index in [9.17, 15) is 8.42 Å². The van der Waals surface area contributed by atoms with Crippen molar-refractivity contribution in [3.63, 3.8) is 0 Å². The fourth-order valence-electron chi connectivity index (χ4n) is 3.35. The Labute approximate surface area is 111 Å². The fourth-order valence-corrected chi connectivity index (χ4v) is 5.06. The molecule has 4 nitrogen and oxygen atoms in total. The van der Waals surface area contributed by atoms with Crippen LogP contribution in [0.15, 0.2) is 0 Å². The van der Waals surface area contributed by atoms with Crippen molar-refractivity contribution in [3.8, 4) is 0 Å². The first-order chi connectivity index (χ1) is 8.50. The number of fused-ring (bicyclic) bond motifs is 1. The molecule has 2 rings (SSSR count). The summed E-state index contributed by atoms with van der Waals surface area (Å²) >= 11 is 0. The molecule has 18 heavy (non-hydrogen) atoms. The first-order valence-corrected chi connectivity index (χ1v) is 8.84. The minimum atomic E-state index is -3.06. The van der Waals surface area contributed by atoms with Crippen LogP contribution in [0.5, 0.6) is 0 Å². The maximum absolute atomic E-state index is 12.4. The fraction of sp³-hybridized carbons (Fsp3) is 1.00. The molecule has 1 aliphatic carbocycles. The average Bonchev–Trinajstić information content (AvgIpc) is 2.75. The lowest BCUT2D eigenvalue weighted by Gasteiger charge is -2.36. The van der Waals surface area contributed by atoms with Gasteiger partial charge in [0.25, 0.3) is 0 Å². The van der Waals surface area contributed by atoms with Crippen molar-refractivity contribution in [2.45, 2.75) is 58.0 Å². The van der Waals surface area contributed by atoms with Crippen LogP contribution in [-0.4, -0.2) is 43.6 Å². The molecular weight excluding hydrogens is 248 g/mol. The molecular formula is C13H26N2O2S. The maximum Gasteiger partial charge on any atom is 0.215 e. The lowest BCUT2D eigenvalue weighted by atomic mass is 9.94. The van der Waals surface area contributed by atoms with Crippen LogP contribution in [0.1, 0.15) is 46.0 Å². The molecule has 106 valence electrons. The molecule has 1 heterocycles. The van der Waals surface area contributed by atoms with E-state index in [1.807, 2.05) is 18.2 Å². The van der Waals surface area contributed by atoms with Gasteiger partial charge < -0.3 is 5.32 Å². The maximum atomic E-state index is 12.4. The molecule has 1 N–H and O–H groups in total. The van der Waals surface area contributed by atoms with Crippen molar-refractivity contribution in [1.29, 1.82) is 0 Å². The smallest absolute Gasteiger partial charge is 0.215 e. The third-order valence-corrected chi connectivity index (χ3v) is 6.10. The summed E-state index contributed by atoms with van der Waals surface area (Å²) in [7, 11) is -3.06. The Morgan fingerprint density at radius 3 is 2.67 bits per heavy atom. The summed E-state index contributed by atoms with van der Waals surface area (Å²) in [6.07, 6.45) is 5.76. The summed E-state index contributed by atoms with van der Waals surface area (Å²) in [6, 6.07) is 0.656. The SMILES string of the molecule is CC(C)NCCS(=O)(=O)N1CCCC2CCCC21. The van der Waals surface area contributed by atoms with Gasteiger partial charge in [-0.2, -0.15) is 4.31 Å². The van der Waals surface area contributed by atoms with Gasteiger partial charge in [-0.15, -0.1) is 0 Å². The highest BCUT2D eigenvalue weighted by molar-refractivity contribution is 7.89. The number of hydrogen-bond donors (Lipinski definition) is 1. The standard InChI is InChI=1S/C13H26N2O2S/c1-11(2)14-8-10-18(16,17)15-9-4-6-12-5-3-7-13(12)15/h11-14H,3-10H2,1-2H3. The molecule has 0 radical (unpaired) electrons. The molecule has 0 spiro atoms. The highest BCUT2D eigenvalue weighted by atomic mass is 32.2. The molecule has 1 saturated heterocycles. The normalized spacial score (nSPS) is 29.7. The van der Waals surface area contributed by atoms with Crippen molar-refractivity contribution in [2.75, 3.05) is 18.8 Å². The van der Waals surface area contributed by atoms with Crippen molar-refractivity contribution >= 4 is 10.0 Å². The average molecular weight is 274 g/mol. The summed E-state index contributed by atoms with van der Waals surface area (Å²) in [5.41, 5.74) is 0. The number of piperidine rings is 1. The Bertz CT molecular complexity index is 367. The molecule has 2 fully saturated rings. The lowest BCUT2D eigenvalue weighted by Crippen LogP contribution is -2.48. The predicted octanol–water partition coefficient (Wildman–Crippen LogP) is 1.58. The number of rotatable bonds is 5. The number of nitrogens with zero attached hydrogens (tertiary/aromatic N) is 1. The van der Waals surface area contributed by atoms with E-state index in [1.165, 1.54) is 19.3 Å². The van der Waals surface area contributed by atoms with Crippen LogP contribution in [-0.2, 0) is 10.0 Å². The van der Waals surface area contributed by atoms with Crippen molar-refractivity contribution in [3.05, 3.63) is 0 Å². The molecule has 2 aliphatic rings. The molecule has 0 amide bonds. The van der Waals surface area contributed by atoms with Crippen molar-refractivity contribution in [2.24, 2.45) is 5.92 Å². The second kappa shape index (κ2) is 5.88. The number of hydrogen-bond acceptors (Lipinski definition) is 3. The number of nitrogens with one attached hydrogen (secondary N) is 1. The Morgan fingerprint density at radius 2 is 1.94 bits per heavy atom. The van der Waals surface area contributed by atoms with E-state index >= 15 is 0 Å². The van der Waals surface area contributed by atoms with Gasteiger partial charge in [-0.05, 0) is 31.6 Å². The molecule has 0 aromatic heterocycles. The summed E-state index contributed by atoms with van der Waals surface area (Å²) < 4.78 is 26.6. The van der Waals surface area contributed by atoms with Gasteiger partial charge >= 0.3 is 0 Å². The zero-order valence-corrected chi connectivity index (χ0v) is 12.4. The summed E-state index contributed by atoms with van der Waals surface area (Å²) in [6.45, 7) is 5.39. The largest absolute Gasteiger partial charge is 0.313 e. The Balaban J connectivity index is 1.95. The topological polar surface area (TPSA) is 49.4 Å². The van der Waals surface area contributed by atoms with E-state index in [0.717, 1.165) is 19.4 Å². The number of sulfonamides is 1. The Morgan fingerprint density at radius 1 is 1.22 bits per heavy atom. The third-order valence-electron chi connectivity index (χ3n) is 4.21. The lowest BCUT2D eigenvalue weighted by molar-refractivity contribution is 0.202. The Kier molecular flexibility index (Phi) is 4.67. The molecule has 0 aromatic carbocycles. The van der Waals surface area contributed by atoms with Crippen molar-refractivity contribution in [1.82, 2.24) is 9.62 Å². The van der Waals surface area contributed by atoms with Gasteiger partial charge in [-0.3, -0.25) is 0 Å². The third kappa shape index (κ3) is 3.25. The van der Waals surface area contributed by atoms with Gasteiger partial charge in [0.2, 0.25) is 10.0 Å². The molecule has 0 bridgehead atoms. The molecule has 5 heteroatoms. The molecule has 0 aromatic rings. The van der Waals surface area contributed by atoms with E-state index in [-0.39, 0.29) is 5.75 Å². The predicted molar refractivity (Wildman–Crippen MR) is 74.0 cm³/mol. The molecule has 2 atom stereocenters. The quantitative estimate of drug-likeness (QED) is 0.828. The van der Waals surface area contributed by atoms with Gasteiger partial charge in [0.15, 0.2) is 0 Å². The van der Waals surface area contributed by atoms with E-state index in [4.69, 9.17) is 0 Å². The summed E-state index contributed by atoms with van der Waals surface area (Å²) in [5, 5.41) is 3.19. The van der Waals surface area contributed by atoms with E-state index in [0.29, 0.717) is 24.5 Å². The second-order valence-electron chi connectivity index (χ2n) is 5.94. The zero-order valence-electron chi connectivity index (χ0n) is 11.6. The van der Waals surface area contributed by atoms with Gasteiger partial charge in [0.05, 0.1) is 5.75 Å². The van der Waals surface area contributed by atoms with Crippen LogP contribution in [0.3, 0.4) is 0 Å². The first kappa shape index (κ1) is 14.3. The van der Waals surface area contributed by atoms with Gasteiger partial charge in [0.1, 0.15) is 0 Å². The van der Waals surface area contributed by atoms with Crippen LogP contribution < -0.4 is 5.32 Å². The monoisotopic (exact) mass is 274 g/mol. The minimum absolute atomic E-state index is 0.244. The minimum Gasteiger partial charge on any atom is -0.313 e. The van der Waals surface area contributed by atoms with Gasteiger partial charge in [-0.25, -0.2) is 8.42 Å². The highest BCUT2D eigenvalue weighted by Crippen LogP contribution is 2.38. The van der Waals surface area contributed by atoms with Crippen molar-refractivity contribution < 1.29 is 8.42 Å². The van der Waals surface area contributed by atoms with Crippen LogP contribution in [0.25, 0.3) is 0 Å². The second-order valence-corrected chi connectivity index (χ2v) is 7.98. The summed E-state index contributed by atoms with van der Waals surface area (Å²) in [5.74, 6) is 0.876. The first-order valence-electron chi connectivity index (χ1n) is 7.23. The van der Waals surface area contributed by atoms with E-state index in [2.05, 4.69) is 5.32 Å². The van der Waals surface area contributed by atoms with Gasteiger partial charge in [0, 0.05) is 25.2 Å². The highest BCUT2D eigenvalue weighted by Gasteiger charge is 2.40. The van der Waals surface area contributed by atoms with Crippen LogP contribution in [0.2, 0.25) is 0 Å². The van der Waals surface area contributed by atoms with E-state index in [1.54, 1.807) is 0 Å². The van der Waals surface area contributed by atoms with E-state index < -0.39 is 10.0 Å². The van der Waals surface area contributed by atoms with Crippen LogP contribution in [0.4, 0.5) is 0 Å². The molecule has 2 unspecified atom stereocenters. The zero-order chi connectivity index (χ0) is 13.2. The summed E-state index contributed by atoms with van der Waals surface area (Å²) in [4.78, 5) is 0. The molecule has 1 aliphatic heterocycles.